The van der Waals surface area contributed by atoms with Crippen LogP contribution in [0, 0.1) is 0 Å². The summed E-state index contributed by atoms with van der Waals surface area (Å²) in [4.78, 5) is 35.1. The highest BCUT2D eigenvalue weighted by Crippen LogP contribution is 2.28. The Hall–Kier alpha value is -3.75. The number of carbonyl (C=O) groups is 2. The van der Waals surface area contributed by atoms with Crippen LogP contribution in [0.15, 0.2) is 48.7 Å². The van der Waals surface area contributed by atoms with E-state index in [1.165, 1.54) is 20.2 Å². The Kier molecular flexibility index (Phi) is 5.42. The zero-order chi connectivity index (χ0) is 21.1. The number of benzene rings is 1. The van der Waals surface area contributed by atoms with Gasteiger partial charge in [0.1, 0.15) is 5.82 Å². The second-order valence-electron chi connectivity index (χ2n) is 7.12. The van der Waals surface area contributed by atoms with Crippen LogP contribution in [0.25, 0.3) is 11.4 Å². The lowest BCUT2D eigenvalue weighted by molar-refractivity contribution is -0.119. The molecular weight excluding hydrogens is 384 g/mol. The lowest BCUT2D eigenvalue weighted by Gasteiger charge is -2.16. The molecular formula is C21H22N6O3. The topological polar surface area (TPSA) is 113 Å². The van der Waals surface area contributed by atoms with Crippen LogP contribution in [0.1, 0.15) is 29.0 Å². The van der Waals surface area contributed by atoms with Gasteiger partial charge < -0.3 is 15.0 Å². The van der Waals surface area contributed by atoms with E-state index in [1.807, 2.05) is 30.3 Å². The molecule has 2 amide bonds. The average molecular weight is 406 g/mol. The number of likely N-dealkylation sites (tertiary alicyclic amines) is 1. The Morgan fingerprint density at radius 3 is 2.63 bits per heavy atom. The number of nitrogens with zero attached hydrogens (tertiary/aromatic N) is 4. The first-order chi connectivity index (χ1) is 14.5. The molecule has 0 bridgehead atoms. The Bertz CT molecular complexity index is 1030. The summed E-state index contributed by atoms with van der Waals surface area (Å²) in [6.07, 6.45) is 1.49. The number of nitrogens with one attached hydrogen (secondary N) is 2. The predicted octanol–water partition coefficient (Wildman–Crippen LogP) is 1.62. The number of hydrogen-bond acceptors (Lipinski definition) is 6. The predicted molar refractivity (Wildman–Crippen MR) is 109 cm³/mol. The molecule has 2 N–H and O–H groups in total. The van der Waals surface area contributed by atoms with Gasteiger partial charge in [0.2, 0.25) is 11.8 Å². The van der Waals surface area contributed by atoms with E-state index < -0.39 is 0 Å². The van der Waals surface area contributed by atoms with Crippen molar-refractivity contribution in [2.45, 2.75) is 18.9 Å². The fourth-order valence-corrected chi connectivity index (χ4v) is 3.62. The number of rotatable bonds is 5. The molecule has 1 fully saturated rings. The van der Waals surface area contributed by atoms with Crippen molar-refractivity contribution in [1.29, 1.82) is 0 Å². The van der Waals surface area contributed by atoms with Gasteiger partial charge in [-0.2, -0.15) is 5.10 Å². The van der Waals surface area contributed by atoms with E-state index in [2.05, 4.69) is 25.5 Å². The molecule has 0 radical (unpaired) electrons. The molecule has 2 atom stereocenters. The van der Waals surface area contributed by atoms with Crippen molar-refractivity contribution in [2.75, 3.05) is 20.2 Å². The first-order valence-electron chi connectivity index (χ1n) is 9.59. The molecule has 9 heteroatoms. The van der Waals surface area contributed by atoms with Gasteiger partial charge in [-0.1, -0.05) is 30.3 Å². The molecule has 9 nitrogen and oxygen atoms in total. The fraction of sp³-hybridized carbons (Fsp3) is 0.286. The Morgan fingerprint density at radius 2 is 1.97 bits per heavy atom. The molecule has 0 unspecified atom stereocenters. The number of aromatic nitrogens is 4. The van der Waals surface area contributed by atoms with Crippen LogP contribution in [0.4, 0.5) is 0 Å². The number of ether oxygens (including phenoxy) is 1. The van der Waals surface area contributed by atoms with Crippen LogP contribution < -0.4 is 10.1 Å². The second kappa shape index (κ2) is 8.32. The number of hydrogen-bond donors (Lipinski definition) is 2. The van der Waals surface area contributed by atoms with E-state index in [-0.39, 0.29) is 23.8 Å². The van der Waals surface area contributed by atoms with Crippen LogP contribution in [0.5, 0.6) is 5.88 Å². The van der Waals surface area contributed by atoms with Gasteiger partial charge in [-0.25, -0.2) is 9.97 Å². The maximum atomic E-state index is 13.0. The third-order valence-corrected chi connectivity index (χ3v) is 5.07. The standard InChI is InChI=1S/C21H22N6O3/c1-13(28)23-17-12-27(21(29)15-8-9-18(30-2)22-10-15)11-16(17)20-24-19(25-26-20)14-6-4-3-5-7-14/h3-10,16-17H,11-12H2,1-2H3,(H,23,28)(H,24,25,26)/t16-,17-/m1/s1. The average Bonchev–Trinajstić information content (AvgIpc) is 3.41. The lowest BCUT2D eigenvalue weighted by Crippen LogP contribution is -2.39. The summed E-state index contributed by atoms with van der Waals surface area (Å²) in [5, 5.41) is 10.2. The Balaban J connectivity index is 1.56. The minimum absolute atomic E-state index is 0.159. The SMILES string of the molecule is COc1ccc(C(=O)N2C[C@@H](NC(C)=O)[C@H](c3nc(-c4ccccc4)n[nH]3)C2)cn1. The van der Waals surface area contributed by atoms with Crippen molar-refractivity contribution in [3.63, 3.8) is 0 Å². The monoisotopic (exact) mass is 406 g/mol. The smallest absolute Gasteiger partial charge is 0.255 e. The summed E-state index contributed by atoms with van der Waals surface area (Å²) in [5.74, 6) is 1.14. The molecule has 30 heavy (non-hydrogen) atoms. The van der Waals surface area contributed by atoms with Crippen molar-refractivity contribution in [3.8, 4) is 17.3 Å². The van der Waals surface area contributed by atoms with Gasteiger partial charge in [0.25, 0.3) is 5.91 Å². The fourth-order valence-electron chi connectivity index (χ4n) is 3.62. The van der Waals surface area contributed by atoms with Crippen molar-refractivity contribution in [2.24, 2.45) is 0 Å². The summed E-state index contributed by atoms with van der Waals surface area (Å²) in [6, 6.07) is 12.7. The zero-order valence-corrected chi connectivity index (χ0v) is 16.7. The van der Waals surface area contributed by atoms with Gasteiger partial charge in [0.05, 0.1) is 24.6 Å². The van der Waals surface area contributed by atoms with Gasteiger partial charge in [-0.05, 0) is 6.07 Å². The second-order valence-corrected chi connectivity index (χ2v) is 7.12. The summed E-state index contributed by atoms with van der Waals surface area (Å²) < 4.78 is 5.05. The molecule has 154 valence electrons. The first-order valence-corrected chi connectivity index (χ1v) is 9.59. The molecule has 2 aromatic heterocycles. The number of methoxy groups -OCH3 is 1. The Labute approximate surface area is 173 Å². The summed E-state index contributed by atoms with van der Waals surface area (Å²) in [7, 11) is 1.52. The normalized spacial score (nSPS) is 18.3. The maximum absolute atomic E-state index is 13.0. The molecule has 0 saturated carbocycles. The van der Waals surface area contributed by atoms with Gasteiger partial charge in [-0.3, -0.25) is 14.7 Å². The highest BCUT2D eigenvalue weighted by atomic mass is 16.5. The van der Waals surface area contributed by atoms with E-state index in [0.717, 1.165) is 5.56 Å². The summed E-state index contributed by atoms with van der Waals surface area (Å²) in [5.41, 5.74) is 1.35. The minimum Gasteiger partial charge on any atom is -0.481 e. The van der Waals surface area contributed by atoms with Gasteiger partial charge in [0.15, 0.2) is 5.82 Å². The third-order valence-electron chi connectivity index (χ3n) is 5.07. The zero-order valence-electron chi connectivity index (χ0n) is 16.7. The van der Waals surface area contributed by atoms with Crippen LogP contribution in [0.2, 0.25) is 0 Å². The van der Waals surface area contributed by atoms with E-state index >= 15 is 0 Å². The van der Waals surface area contributed by atoms with Crippen LogP contribution in [-0.4, -0.2) is 63.1 Å². The summed E-state index contributed by atoms with van der Waals surface area (Å²) >= 11 is 0. The van der Waals surface area contributed by atoms with E-state index in [9.17, 15) is 9.59 Å². The molecule has 1 aliphatic rings. The highest BCUT2D eigenvalue weighted by Gasteiger charge is 2.39. The number of H-pyrrole nitrogens is 1. The third kappa shape index (κ3) is 4.00. The quantitative estimate of drug-likeness (QED) is 0.666. The van der Waals surface area contributed by atoms with E-state index in [1.54, 1.807) is 17.0 Å². The van der Waals surface area contributed by atoms with Crippen LogP contribution >= 0.6 is 0 Å². The Morgan fingerprint density at radius 1 is 1.17 bits per heavy atom. The van der Waals surface area contributed by atoms with Crippen LogP contribution in [-0.2, 0) is 4.79 Å². The van der Waals surface area contributed by atoms with Crippen molar-refractivity contribution >= 4 is 11.8 Å². The van der Waals surface area contributed by atoms with Gasteiger partial charge >= 0.3 is 0 Å². The van der Waals surface area contributed by atoms with E-state index in [4.69, 9.17) is 4.74 Å². The molecule has 3 heterocycles. The van der Waals surface area contributed by atoms with Crippen molar-refractivity contribution in [3.05, 3.63) is 60.0 Å². The largest absolute Gasteiger partial charge is 0.481 e. The maximum Gasteiger partial charge on any atom is 0.255 e. The number of aromatic amines is 1. The van der Waals surface area contributed by atoms with E-state index in [0.29, 0.717) is 36.2 Å². The molecule has 3 aromatic rings. The number of carbonyl (C=O) groups excluding carboxylic acids is 2. The first kappa shape index (κ1) is 19.6. The van der Waals surface area contributed by atoms with Gasteiger partial charge in [-0.15, -0.1) is 0 Å². The molecule has 4 rings (SSSR count). The molecule has 0 aliphatic carbocycles. The number of amides is 2. The van der Waals surface area contributed by atoms with Crippen LogP contribution in [0.3, 0.4) is 0 Å². The molecule has 0 spiro atoms. The molecule has 1 aliphatic heterocycles. The van der Waals surface area contributed by atoms with Crippen molar-refractivity contribution in [1.82, 2.24) is 30.4 Å². The summed E-state index contributed by atoms with van der Waals surface area (Å²) in [6.45, 7) is 2.24. The van der Waals surface area contributed by atoms with Gasteiger partial charge in [0, 0.05) is 37.8 Å². The minimum atomic E-state index is -0.269. The van der Waals surface area contributed by atoms with Crippen molar-refractivity contribution < 1.29 is 14.3 Å². The number of pyridine rings is 1. The lowest BCUT2D eigenvalue weighted by atomic mass is 10.0. The molecule has 1 saturated heterocycles. The highest BCUT2D eigenvalue weighted by molar-refractivity contribution is 5.94. The molecule has 1 aromatic carbocycles.